The van der Waals surface area contributed by atoms with Gasteiger partial charge in [0.2, 0.25) is 0 Å². The number of urea groups is 1. The number of ether oxygens (including phenoxy) is 1. The standard InChI is InChI=1S/C21H22N2O4/c1-15(24)17-9-5-6-10-19(17)27-14-13-23-20(25)18(22-21(23)26)12-11-16-7-3-2-4-8-16/h2-10,18H,11-14H2,1H3,(H,22,26). The molecule has 0 spiro atoms. The third kappa shape index (κ3) is 4.53. The van der Waals surface area contributed by atoms with Crippen LogP contribution in [0.2, 0.25) is 0 Å². The molecular formula is C21H22N2O4. The first-order valence-electron chi connectivity index (χ1n) is 8.95. The predicted octanol–water partition coefficient (Wildman–Crippen LogP) is 2.82. The van der Waals surface area contributed by atoms with Gasteiger partial charge in [-0.15, -0.1) is 0 Å². The number of amides is 3. The van der Waals surface area contributed by atoms with Crippen molar-refractivity contribution < 1.29 is 19.1 Å². The van der Waals surface area contributed by atoms with Crippen LogP contribution in [-0.2, 0) is 11.2 Å². The molecule has 3 amide bonds. The number of nitrogens with zero attached hydrogens (tertiary/aromatic N) is 1. The van der Waals surface area contributed by atoms with Gasteiger partial charge >= 0.3 is 6.03 Å². The third-order valence-electron chi connectivity index (χ3n) is 4.51. The Labute approximate surface area is 158 Å². The summed E-state index contributed by atoms with van der Waals surface area (Å²) in [5.74, 6) is 0.124. The van der Waals surface area contributed by atoms with Gasteiger partial charge in [0.05, 0.1) is 12.1 Å². The van der Waals surface area contributed by atoms with Crippen molar-refractivity contribution in [2.24, 2.45) is 0 Å². The van der Waals surface area contributed by atoms with Crippen LogP contribution in [0, 0.1) is 0 Å². The highest BCUT2D eigenvalue weighted by Gasteiger charge is 2.37. The summed E-state index contributed by atoms with van der Waals surface area (Å²) in [7, 11) is 0. The molecule has 27 heavy (non-hydrogen) atoms. The summed E-state index contributed by atoms with van der Waals surface area (Å²) in [6.45, 7) is 1.74. The zero-order valence-corrected chi connectivity index (χ0v) is 15.2. The molecule has 1 atom stereocenters. The molecule has 0 bridgehead atoms. The average Bonchev–Trinajstić information content (AvgIpc) is 2.95. The Bertz CT molecular complexity index is 835. The molecule has 1 unspecified atom stereocenters. The van der Waals surface area contributed by atoms with Crippen LogP contribution >= 0.6 is 0 Å². The lowest BCUT2D eigenvalue weighted by Crippen LogP contribution is -2.35. The summed E-state index contributed by atoms with van der Waals surface area (Å²) in [4.78, 5) is 37.4. The van der Waals surface area contributed by atoms with Crippen molar-refractivity contribution in [3.05, 3.63) is 65.7 Å². The molecule has 0 aromatic heterocycles. The molecule has 1 aliphatic heterocycles. The number of para-hydroxylation sites is 1. The van der Waals surface area contributed by atoms with E-state index in [-0.39, 0.29) is 24.8 Å². The molecule has 6 heteroatoms. The Balaban J connectivity index is 1.53. The van der Waals surface area contributed by atoms with Crippen molar-refractivity contribution in [1.29, 1.82) is 0 Å². The van der Waals surface area contributed by atoms with Crippen molar-refractivity contribution in [1.82, 2.24) is 10.2 Å². The lowest BCUT2D eigenvalue weighted by Gasteiger charge is -2.15. The van der Waals surface area contributed by atoms with Crippen molar-refractivity contribution >= 4 is 17.7 Å². The lowest BCUT2D eigenvalue weighted by molar-refractivity contribution is -0.127. The lowest BCUT2D eigenvalue weighted by atomic mass is 10.1. The van der Waals surface area contributed by atoms with Gasteiger partial charge in [-0.2, -0.15) is 0 Å². The summed E-state index contributed by atoms with van der Waals surface area (Å²) < 4.78 is 5.63. The van der Waals surface area contributed by atoms with Crippen molar-refractivity contribution in [2.75, 3.05) is 13.2 Å². The molecule has 140 valence electrons. The summed E-state index contributed by atoms with van der Waals surface area (Å²) in [5, 5.41) is 2.73. The first-order chi connectivity index (χ1) is 13.1. The summed E-state index contributed by atoms with van der Waals surface area (Å²) in [6, 6.07) is 15.9. The normalized spacial score (nSPS) is 16.3. The number of rotatable bonds is 8. The Hall–Kier alpha value is -3.15. The molecule has 1 aliphatic rings. The number of Topliss-reactive ketones (excluding diaryl/α,β-unsaturated/α-hetero) is 1. The number of ketones is 1. The molecular weight excluding hydrogens is 344 g/mol. The summed E-state index contributed by atoms with van der Waals surface area (Å²) in [5.41, 5.74) is 1.61. The van der Waals surface area contributed by atoms with E-state index in [9.17, 15) is 14.4 Å². The molecule has 1 saturated heterocycles. The molecule has 6 nitrogen and oxygen atoms in total. The van der Waals surface area contributed by atoms with Gasteiger partial charge in [-0.3, -0.25) is 14.5 Å². The Morgan fingerprint density at radius 3 is 2.52 bits per heavy atom. The second kappa shape index (κ2) is 8.49. The van der Waals surface area contributed by atoms with Gasteiger partial charge in [0.15, 0.2) is 5.78 Å². The van der Waals surface area contributed by atoms with Gasteiger partial charge in [0, 0.05) is 0 Å². The van der Waals surface area contributed by atoms with Gasteiger partial charge in [-0.05, 0) is 37.5 Å². The number of aryl methyl sites for hydroxylation is 1. The van der Waals surface area contributed by atoms with Crippen LogP contribution in [0.25, 0.3) is 0 Å². The zero-order chi connectivity index (χ0) is 19.2. The van der Waals surface area contributed by atoms with E-state index >= 15 is 0 Å². The summed E-state index contributed by atoms with van der Waals surface area (Å²) >= 11 is 0. The molecule has 1 fully saturated rings. The van der Waals surface area contributed by atoms with E-state index in [4.69, 9.17) is 4.74 Å². The highest BCUT2D eigenvalue weighted by Crippen LogP contribution is 2.19. The SMILES string of the molecule is CC(=O)c1ccccc1OCCN1C(=O)NC(CCc2ccccc2)C1=O. The van der Waals surface area contributed by atoms with Crippen LogP contribution in [0.3, 0.4) is 0 Å². The van der Waals surface area contributed by atoms with E-state index in [0.717, 1.165) is 5.56 Å². The maximum atomic E-state index is 12.5. The molecule has 0 radical (unpaired) electrons. The molecule has 0 saturated carbocycles. The van der Waals surface area contributed by atoms with Crippen LogP contribution in [0.4, 0.5) is 4.79 Å². The fourth-order valence-electron chi connectivity index (χ4n) is 3.07. The summed E-state index contributed by atoms with van der Waals surface area (Å²) in [6.07, 6.45) is 1.27. The van der Waals surface area contributed by atoms with Crippen molar-refractivity contribution in [3.8, 4) is 5.75 Å². The highest BCUT2D eigenvalue weighted by molar-refractivity contribution is 6.04. The fourth-order valence-corrected chi connectivity index (χ4v) is 3.07. The quantitative estimate of drug-likeness (QED) is 0.576. The Kier molecular flexibility index (Phi) is 5.86. The van der Waals surface area contributed by atoms with E-state index in [2.05, 4.69) is 5.32 Å². The number of benzene rings is 2. The van der Waals surface area contributed by atoms with Crippen LogP contribution < -0.4 is 10.1 Å². The second-order valence-corrected chi connectivity index (χ2v) is 6.42. The first kappa shape index (κ1) is 18.6. The number of hydrogen-bond acceptors (Lipinski definition) is 4. The number of nitrogens with one attached hydrogen (secondary N) is 1. The highest BCUT2D eigenvalue weighted by atomic mass is 16.5. The van der Waals surface area contributed by atoms with Crippen LogP contribution in [-0.4, -0.2) is 41.8 Å². The second-order valence-electron chi connectivity index (χ2n) is 6.42. The smallest absolute Gasteiger partial charge is 0.324 e. The van der Waals surface area contributed by atoms with Gasteiger partial charge in [0.25, 0.3) is 5.91 Å². The minimum atomic E-state index is -0.512. The number of hydrogen-bond donors (Lipinski definition) is 1. The number of carbonyl (C=O) groups excluding carboxylic acids is 3. The first-order valence-corrected chi connectivity index (χ1v) is 8.95. The maximum Gasteiger partial charge on any atom is 0.324 e. The Morgan fingerprint density at radius 2 is 1.78 bits per heavy atom. The van der Waals surface area contributed by atoms with Gasteiger partial charge < -0.3 is 10.1 Å². The van der Waals surface area contributed by atoms with E-state index in [0.29, 0.717) is 24.2 Å². The molecule has 3 rings (SSSR count). The largest absolute Gasteiger partial charge is 0.491 e. The fraction of sp³-hybridized carbons (Fsp3) is 0.286. The van der Waals surface area contributed by atoms with E-state index < -0.39 is 12.1 Å². The van der Waals surface area contributed by atoms with E-state index in [1.807, 2.05) is 30.3 Å². The average molecular weight is 366 g/mol. The molecule has 0 aliphatic carbocycles. The molecule has 1 N–H and O–H groups in total. The van der Waals surface area contributed by atoms with Crippen LogP contribution in [0.5, 0.6) is 5.75 Å². The third-order valence-corrected chi connectivity index (χ3v) is 4.51. The van der Waals surface area contributed by atoms with Crippen LogP contribution in [0.15, 0.2) is 54.6 Å². The monoisotopic (exact) mass is 366 g/mol. The zero-order valence-electron chi connectivity index (χ0n) is 15.2. The number of carbonyl (C=O) groups is 3. The number of imide groups is 1. The molecule has 1 heterocycles. The van der Waals surface area contributed by atoms with Gasteiger partial charge in [-0.25, -0.2) is 4.79 Å². The Morgan fingerprint density at radius 1 is 1.07 bits per heavy atom. The maximum absolute atomic E-state index is 12.5. The minimum absolute atomic E-state index is 0.0958. The van der Waals surface area contributed by atoms with Crippen LogP contribution in [0.1, 0.15) is 29.3 Å². The predicted molar refractivity (Wildman–Crippen MR) is 101 cm³/mol. The molecule has 2 aromatic carbocycles. The topological polar surface area (TPSA) is 75.7 Å². The van der Waals surface area contributed by atoms with Gasteiger partial charge in [-0.1, -0.05) is 42.5 Å². The van der Waals surface area contributed by atoms with Crippen molar-refractivity contribution in [2.45, 2.75) is 25.8 Å². The van der Waals surface area contributed by atoms with Crippen molar-refractivity contribution in [3.63, 3.8) is 0 Å². The van der Waals surface area contributed by atoms with E-state index in [1.54, 1.807) is 24.3 Å². The minimum Gasteiger partial charge on any atom is -0.491 e. The van der Waals surface area contributed by atoms with E-state index in [1.165, 1.54) is 11.8 Å². The van der Waals surface area contributed by atoms with Gasteiger partial charge in [0.1, 0.15) is 18.4 Å². The molecule has 2 aromatic rings.